The van der Waals surface area contributed by atoms with Crippen LogP contribution in [-0.4, -0.2) is 65.8 Å². The van der Waals surface area contributed by atoms with Gasteiger partial charge >= 0.3 is 7.12 Å². The van der Waals surface area contributed by atoms with Gasteiger partial charge in [-0.3, -0.25) is 9.69 Å². The summed E-state index contributed by atoms with van der Waals surface area (Å²) in [5, 5.41) is 0. The van der Waals surface area contributed by atoms with Crippen LogP contribution in [0.15, 0.2) is 42.7 Å². The Morgan fingerprint density at radius 3 is 2.19 bits per heavy atom. The first-order chi connectivity index (χ1) is 14.6. The van der Waals surface area contributed by atoms with Crippen LogP contribution >= 0.6 is 0 Å². The van der Waals surface area contributed by atoms with E-state index in [-0.39, 0.29) is 29.4 Å². The standard InChI is InChI=1S/C22H31BN3O4S/c1-21(2)22(3,4)30-23(29-21)17-14-24-19(25-15-17)20(27)26(16-28-12-13-31(5)6)18-10-8-7-9-11-18/h7-11,14-15H,12-13,16H2,1-6H3/q+1. The van der Waals surface area contributed by atoms with E-state index in [4.69, 9.17) is 14.0 Å². The third-order valence-corrected chi connectivity index (χ3v) is 6.54. The SMILES string of the molecule is C[S+](C)CCOCN(C(=O)c1ncc(B2OC(C)(C)C(C)(C)O2)cn1)c1ccccc1. The highest BCUT2D eigenvalue weighted by atomic mass is 32.2. The maximum atomic E-state index is 13.2. The van der Waals surface area contributed by atoms with Gasteiger partial charge in [0.05, 0.1) is 30.3 Å². The van der Waals surface area contributed by atoms with Crippen molar-refractivity contribution in [2.24, 2.45) is 0 Å². The fourth-order valence-electron chi connectivity index (χ4n) is 2.91. The Morgan fingerprint density at radius 2 is 1.65 bits per heavy atom. The molecule has 0 N–H and O–H groups in total. The molecule has 1 aromatic carbocycles. The molecule has 2 heterocycles. The highest BCUT2D eigenvalue weighted by Crippen LogP contribution is 2.36. The molecule has 2 aromatic rings. The number of anilines is 1. The topological polar surface area (TPSA) is 73.8 Å². The number of amides is 1. The Labute approximate surface area is 188 Å². The summed E-state index contributed by atoms with van der Waals surface area (Å²) in [6.07, 6.45) is 7.51. The number of aromatic nitrogens is 2. The molecule has 0 bridgehead atoms. The molecule has 0 aliphatic carbocycles. The van der Waals surface area contributed by atoms with Crippen LogP contribution in [0.2, 0.25) is 0 Å². The zero-order valence-electron chi connectivity index (χ0n) is 19.1. The first-order valence-corrected chi connectivity index (χ1v) is 12.5. The molecule has 3 rings (SSSR count). The van der Waals surface area contributed by atoms with E-state index in [0.29, 0.717) is 12.1 Å². The van der Waals surface area contributed by atoms with E-state index in [1.165, 1.54) is 0 Å². The maximum absolute atomic E-state index is 13.2. The molecule has 1 fully saturated rings. The number of carbonyl (C=O) groups excluding carboxylic acids is 1. The van der Waals surface area contributed by atoms with Crippen LogP contribution in [0.4, 0.5) is 5.69 Å². The van der Waals surface area contributed by atoms with E-state index < -0.39 is 18.3 Å². The molecular formula is C22H31BN3O4S+. The van der Waals surface area contributed by atoms with Gasteiger partial charge in [-0.05, 0) is 50.7 Å². The van der Waals surface area contributed by atoms with Gasteiger partial charge in [0.15, 0.2) is 0 Å². The number of ether oxygens (including phenoxy) is 1. The largest absolute Gasteiger partial charge is 0.498 e. The second-order valence-corrected chi connectivity index (χ2v) is 11.1. The monoisotopic (exact) mass is 444 g/mol. The minimum Gasteiger partial charge on any atom is -0.399 e. The minimum absolute atomic E-state index is 0.0958. The molecule has 0 unspecified atom stereocenters. The van der Waals surface area contributed by atoms with Crippen LogP contribution in [0, 0.1) is 0 Å². The van der Waals surface area contributed by atoms with Gasteiger partial charge in [0.1, 0.15) is 12.5 Å². The molecule has 1 aliphatic rings. The van der Waals surface area contributed by atoms with Gasteiger partial charge in [0, 0.05) is 23.5 Å². The average Bonchev–Trinajstić information content (AvgIpc) is 2.95. The molecule has 9 heteroatoms. The zero-order chi connectivity index (χ0) is 22.6. The zero-order valence-corrected chi connectivity index (χ0v) is 19.9. The molecule has 0 spiro atoms. The number of hydrogen-bond donors (Lipinski definition) is 0. The number of carbonyl (C=O) groups is 1. The van der Waals surface area contributed by atoms with Gasteiger partial charge in [0.25, 0.3) is 5.91 Å². The van der Waals surface area contributed by atoms with Gasteiger partial charge in [-0.1, -0.05) is 18.2 Å². The summed E-state index contributed by atoms with van der Waals surface area (Å²) in [6.45, 7) is 8.69. The third kappa shape index (κ3) is 5.66. The molecule has 0 atom stereocenters. The Bertz CT molecular complexity index is 862. The second-order valence-electron chi connectivity index (χ2n) is 8.72. The van der Waals surface area contributed by atoms with E-state index in [2.05, 4.69) is 22.5 Å². The Morgan fingerprint density at radius 1 is 1.06 bits per heavy atom. The molecular weight excluding hydrogens is 413 g/mol. The molecule has 166 valence electrons. The molecule has 31 heavy (non-hydrogen) atoms. The van der Waals surface area contributed by atoms with Crippen molar-refractivity contribution < 1.29 is 18.8 Å². The number of nitrogens with zero attached hydrogens (tertiary/aromatic N) is 3. The summed E-state index contributed by atoms with van der Waals surface area (Å²) < 4.78 is 17.8. The lowest BCUT2D eigenvalue weighted by atomic mass is 9.81. The summed E-state index contributed by atoms with van der Waals surface area (Å²) in [5.41, 5.74) is 0.502. The smallest absolute Gasteiger partial charge is 0.399 e. The fraction of sp³-hybridized carbons (Fsp3) is 0.500. The average molecular weight is 444 g/mol. The molecule has 1 aromatic heterocycles. The Hall–Kier alpha value is -1.94. The molecule has 0 saturated carbocycles. The van der Waals surface area contributed by atoms with Gasteiger partial charge in [0.2, 0.25) is 5.82 Å². The lowest BCUT2D eigenvalue weighted by Gasteiger charge is -2.32. The van der Waals surface area contributed by atoms with Crippen molar-refractivity contribution in [2.45, 2.75) is 38.9 Å². The van der Waals surface area contributed by atoms with Crippen molar-refractivity contribution >= 4 is 35.1 Å². The lowest BCUT2D eigenvalue weighted by molar-refractivity contribution is 0.00578. The number of hydrogen-bond acceptors (Lipinski definition) is 6. The molecule has 7 nitrogen and oxygen atoms in total. The third-order valence-electron chi connectivity index (χ3n) is 5.56. The van der Waals surface area contributed by atoms with Gasteiger partial charge in [-0.25, -0.2) is 9.97 Å². The van der Waals surface area contributed by atoms with Crippen molar-refractivity contribution in [2.75, 3.05) is 36.5 Å². The van der Waals surface area contributed by atoms with Crippen molar-refractivity contribution in [3.63, 3.8) is 0 Å². The van der Waals surface area contributed by atoms with Gasteiger partial charge in [-0.15, -0.1) is 0 Å². The first-order valence-electron chi connectivity index (χ1n) is 10.3. The number of benzene rings is 1. The molecule has 0 radical (unpaired) electrons. The quantitative estimate of drug-likeness (QED) is 0.269. The van der Waals surface area contributed by atoms with Crippen LogP contribution in [-0.2, 0) is 24.9 Å². The van der Waals surface area contributed by atoms with E-state index in [1.54, 1.807) is 17.3 Å². The van der Waals surface area contributed by atoms with Gasteiger partial charge in [-0.2, -0.15) is 0 Å². The Kier molecular flexibility index (Phi) is 7.41. The fourth-order valence-corrected chi connectivity index (χ4v) is 3.36. The lowest BCUT2D eigenvalue weighted by Crippen LogP contribution is -2.41. The highest BCUT2D eigenvalue weighted by Gasteiger charge is 2.52. The number of rotatable bonds is 8. The maximum Gasteiger partial charge on any atom is 0.498 e. The summed E-state index contributed by atoms with van der Waals surface area (Å²) in [6, 6.07) is 9.40. The van der Waals surface area contributed by atoms with E-state index in [0.717, 1.165) is 11.4 Å². The van der Waals surface area contributed by atoms with Crippen LogP contribution in [0.3, 0.4) is 0 Å². The number of para-hydroxylation sites is 1. The van der Waals surface area contributed by atoms with Crippen LogP contribution in [0.5, 0.6) is 0 Å². The van der Waals surface area contributed by atoms with E-state index >= 15 is 0 Å². The van der Waals surface area contributed by atoms with E-state index in [1.807, 2.05) is 58.0 Å². The summed E-state index contributed by atoms with van der Waals surface area (Å²) in [5.74, 6) is 0.730. The second kappa shape index (κ2) is 9.69. The van der Waals surface area contributed by atoms with Crippen LogP contribution < -0.4 is 10.4 Å². The van der Waals surface area contributed by atoms with Crippen molar-refractivity contribution in [3.05, 3.63) is 48.5 Å². The van der Waals surface area contributed by atoms with Crippen LogP contribution in [0.1, 0.15) is 38.3 Å². The summed E-state index contributed by atoms with van der Waals surface area (Å²) in [4.78, 5) is 23.3. The molecule has 1 amide bonds. The Balaban J connectivity index is 1.74. The van der Waals surface area contributed by atoms with Crippen LogP contribution in [0.25, 0.3) is 0 Å². The predicted octanol–water partition coefficient (Wildman–Crippen LogP) is 2.27. The molecule has 1 saturated heterocycles. The van der Waals surface area contributed by atoms with Gasteiger partial charge < -0.3 is 14.0 Å². The summed E-state index contributed by atoms with van der Waals surface area (Å²) in [7, 11) is -0.284. The van der Waals surface area contributed by atoms with E-state index in [9.17, 15) is 4.79 Å². The normalized spacial score (nSPS) is 17.2. The summed E-state index contributed by atoms with van der Waals surface area (Å²) >= 11 is 0. The molecule has 1 aliphatic heterocycles. The highest BCUT2D eigenvalue weighted by molar-refractivity contribution is 7.95. The van der Waals surface area contributed by atoms with Crippen molar-refractivity contribution in [1.82, 2.24) is 9.97 Å². The minimum atomic E-state index is -0.570. The predicted molar refractivity (Wildman–Crippen MR) is 126 cm³/mol. The van der Waals surface area contributed by atoms with Crippen molar-refractivity contribution in [1.29, 1.82) is 0 Å². The first kappa shape index (κ1) is 23.7. The van der Waals surface area contributed by atoms with Crippen molar-refractivity contribution in [3.8, 4) is 0 Å².